The summed E-state index contributed by atoms with van der Waals surface area (Å²) < 4.78 is 40.3. The molecule has 130 valence electrons. The molecule has 25 heavy (non-hydrogen) atoms. The molecule has 0 spiro atoms. The van der Waals surface area contributed by atoms with Gasteiger partial charge in [0.1, 0.15) is 5.82 Å². The molecule has 0 bridgehead atoms. The molecule has 0 aliphatic rings. The minimum atomic E-state index is -3.68. The van der Waals surface area contributed by atoms with Crippen LogP contribution in [0.5, 0.6) is 0 Å². The highest BCUT2D eigenvalue weighted by molar-refractivity contribution is 7.88. The number of benzene rings is 1. The Hall–Kier alpha value is -1.87. The van der Waals surface area contributed by atoms with Gasteiger partial charge in [-0.3, -0.25) is 4.79 Å². The predicted octanol–water partition coefficient (Wildman–Crippen LogP) is 3.80. The SMILES string of the molecule is O=C(c1cccs1)c1ccc(CNS(=O)(=O)Cc2ccccc2F)s1. The van der Waals surface area contributed by atoms with Gasteiger partial charge >= 0.3 is 0 Å². The number of thiophene rings is 2. The molecule has 0 atom stereocenters. The lowest BCUT2D eigenvalue weighted by Crippen LogP contribution is -2.24. The highest BCUT2D eigenvalue weighted by Gasteiger charge is 2.16. The standard InChI is InChI=1S/C17H14FNO3S3/c18-14-5-2-1-4-12(14)11-25(21,22)19-10-13-7-8-16(24-13)17(20)15-6-3-9-23-15/h1-9,19H,10-11H2. The third-order valence-corrected chi connectivity index (χ3v) is 6.63. The topological polar surface area (TPSA) is 63.2 Å². The van der Waals surface area contributed by atoms with E-state index in [4.69, 9.17) is 0 Å². The number of hydrogen-bond donors (Lipinski definition) is 1. The minimum absolute atomic E-state index is 0.0686. The summed E-state index contributed by atoms with van der Waals surface area (Å²) in [5.74, 6) is -1.04. The molecule has 4 nitrogen and oxygen atoms in total. The van der Waals surface area contributed by atoms with E-state index < -0.39 is 21.6 Å². The first-order chi connectivity index (χ1) is 11.9. The van der Waals surface area contributed by atoms with Crippen molar-refractivity contribution >= 4 is 38.5 Å². The molecule has 0 unspecified atom stereocenters. The van der Waals surface area contributed by atoms with E-state index in [9.17, 15) is 17.6 Å². The van der Waals surface area contributed by atoms with Gasteiger partial charge in [-0.25, -0.2) is 17.5 Å². The molecule has 0 amide bonds. The molecule has 1 aromatic carbocycles. The lowest BCUT2D eigenvalue weighted by atomic mass is 10.2. The summed E-state index contributed by atoms with van der Waals surface area (Å²) in [7, 11) is -3.68. The van der Waals surface area contributed by atoms with Gasteiger partial charge in [-0.1, -0.05) is 24.3 Å². The molecular formula is C17H14FNO3S3. The minimum Gasteiger partial charge on any atom is -0.287 e. The Balaban J connectivity index is 1.64. The van der Waals surface area contributed by atoms with E-state index in [1.165, 1.54) is 40.9 Å². The molecule has 0 aliphatic heterocycles. The second-order valence-corrected chi connectivity index (χ2v) is 9.17. The van der Waals surface area contributed by atoms with Crippen LogP contribution in [0.2, 0.25) is 0 Å². The number of carbonyl (C=O) groups excluding carboxylic acids is 1. The first-order valence-electron chi connectivity index (χ1n) is 7.32. The zero-order valence-corrected chi connectivity index (χ0v) is 15.4. The van der Waals surface area contributed by atoms with E-state index >= 15 is 0 Å². The van der Waals surface area contributed by atoms with E-state index in [2.05, 4.69) is 4.72 Å². The molecule has 8 heteroatoms. The quantitative estimate of drug-likeness (QED) is 0.619. The fourth-order valence-corrected chi connectivity index (χ4v) is 5.03. The van der Waals surface area contributed by atoms with Crippen LogP contribution in [0, 0.1) is 5.82 Å². The van der Waals surface area contributed by atoms with Crippen LogP contribution in [-0.4, -0.2) is 14.2 Å². The summed E-state index contributed by atoms with van der Waals surface area (Å²) in [6, 6.07) is 12.7. The normalized spacial score (nSPS) is 11.6. The molecule has 2 aromatic heterocycles. The Kier molecular flexibility index (Phi) is 5.43. The second-order valence-electron chi connectivity index (χ2n) is 5.24. The molecule has 0 fully saturated rings. The average Bonchev–Trinajstić information content (AvgIpc) is 3.26. The van der Waals surface area contributed by atoms with Gasteiger partial charge in [0.2, 0.25) is 15.8 Å². The number of halogens is 1. The van der Waals surface area contributed by atoms with Crippen molar-refractivity contribution in [3.63, 3.8) is 0 Å². The van der Waals surface area contributed by atoms with Crippen LogP contribution in [0.3, 0.4) is 0 Å². The van der Waals surface area contributed by atoms with Crippen molar-refractivity contribution in [1.82, 2.24) is 4.72 Å². The van der Waals surface area contributed by atoms with Crippen LogP contribution in [0.1, 0.15) is 25.0 Å². The Labute approximate surface area is 153 Å². The lowest BCUT2D eigenvalue weighted by Gasteiger charge is -2.06. The van der Waals surface area contributed by atoms with Gasteiger partial charge in [-0.05, 0) is 29.6 Å². The molecule has 3 aromatic rings. The number of nitrogens with one attached hydrogen (secondary N) is 1. The third-order valence-electron chi connectivity index (χ3n) is 3.40. The monoisotopic (exact) mass is 395 g/mol. The molecule has 0 saturated carbocycles. The summed E-state index contributed by atoms with van der Waals surface area (Å²) in [5.41, 5.74) is 0.120. The van der Waals surface area contributed by atoms with Crippen LogP contribution in [0.25, 0.3) is 0 Å². The lowest BCUT2D eigenvalue weighted by molar-refractivity contribution is 0.104. The number of rotatable bonds is 7. The summed E-state index contributed by atoms with van der Waals surface area (Å²) in [5, 5.41) is 1.83. The number of sulfonamides is 1. The molecule has 0 radical (unpaired) electrons. The van der Waals surface area contributed by atoms with Crippen molar-refractivity contribution in [2.75, 3.05) is 0 Å². The van der Waals surface area contributed by atoms with Crippen molar-refractivity contribution in [3.05, 3.63) is 79.9 Å². The van der Waals surface area contributed by atoms with Gasteiger partial charge in [0.05, 0.1) is 15.5 Å². The zero-order chi connectivity index (χ0) is 17.9. The maximum Gasteiger partial charge on any atom is 0.216 e. The van der Waals surface area contributed by atoms with Gasteiger partial charge in [0.25, 0.3) is 0 Å². The van der Waals surface area contributed by atoms with Crippen molar-refractivity contribution < 1.29 is 17.6 Å². The summed E-state index contributed by atoms with van der Waals surface area (Å²) in [6.07, 6.45) is 0. The van der Waals surface area contributed by atoms with Crippen LogP contribution in [0.4, 0.5) is 4.39 Å². The van der Waals surface area contributed by atoms with E-state index in [-0.39, 0.29) is 17.9 Å². The number of carbonyl (C=O) groups is 1. The molecular weight excluding hydrogens is 381 g/mol. The van der Waals surface area contributed by atoms with E-state index in [0.29, 0.717) is 9.75 Å². The maximum atomic E-state index is 13.6. The second kappa shape index (κ2) is 7.57. The summed E-state index contributed by atoms with van der Waals surface area (Å²) in [4.78, 5) is 14.2. The van der Waals surface area contributed by atoms with Crippen molar-refractivity contribution in [3.8, 4) is 0 Å². The molecule has 2 heterocycles. The largest absolute Gasteiger partial charge is 0.287 e. The Morgan fingerprint density at radius 3 is 2.56 bits per heavy atom. The van der Waals surface area contributed by atoms with E-state index in [1.807, 2.05) is 11.4 Å². The fraction of sp³-hybridized carbons (Fsp3) is 0.118. The summed E-state index contributed by atoms with van der Waals surface area (Å²) >= 11 is 2.61. The average molecular weight is 396 g/mol. The smallest absolute Gasteiger partial charge is 0.216 e. The van der Waals surface area contributed by atoms with Crippen LogP contribution in [-0.2, 0) is 22.3 Å². The van der Waals surface area contributed by atoms with Gasteiger partial charge in [-0.2, -0.15) is 0 Å². The highest BCUT2D eigenvalue weighted by atomic mass is 32.2. The van der Waals surface area contributed by atoms with Gasteiger partial charge in [-0.15, -0.1) is 22.7 Å². The number of hydrogen-bond acceptors (Lipinski definition) is 5. The molecule has 0 aliphatic carbocycles. The summed E-state index contributed by atoms with van der Waals surface area (Å²) in [6.45, 7) is 0.0686. The van der Waals surface area contributed by atoms with Crippen LogP contribution in [0.15, 0.2) is 53.9 Å². The zero-order valence-electron chi connectivity index (χ0n) is 12.9. The highest BCUT2D eigenvalue weighted by Crippen LogP contribution is 2.22. The van der Waals surface area contributed by atoms with Crippen LogP contribution >= 0.6 is 22.7 Å². The Bertz CT molecular complexity index is 978. The predicted molar refractivity (Wildman–Crippen MR) is 97.9 cm³/mol. The first-order valence-corrected chi connectivity index (χ1v) is 10.7. The van der Waals surface area contributed by atoms with Crippen molar-refractivity contribution in [2.24, 2.45) is 0 Å². The van der Waals surface area contributed by atoms with Gasteiger partial charge in [0, 0.05) is 17.0 Å². The Morgan fingerprint density at radius 1 is 1.04 bits per heavy atom. The van der Waals surface area contributed by atoms with Gasteiger partial charge < -0.3 is 0 Å². The van der Waals surface area contributed by atoms with E-state index in [0.717, 1.165) is 4.88 Å². The van der Waals surface area contributed by atoms with Crippen molar-refractivity contribution in [2.45, 2.75) is 12.3 Å². The first kappa shape index (κ1) is 17.9. The molecule has 1 N–H and O–H groups in total. The molecule has 0 saturated heterocycles. The van der Waals surface area contributed by atoms with Crippen LogP contribution < -0.4 is 4.72 Å². The van der Waals surface area contributed by atoms with Gasteiger partial charge in [0.15, 0.2) is 0 Å². The maximum absolute atomic E-state index is 13.6. The fourth-order valence-electron chi connectivity index (χ4n) is 2.18. The Morgan fingerprint density at radius 2 is 1.84 bits per heavy atom. The third kappa shape index (κ3) is 4.60. The number of ketones is 1. The van der Waals surface area contributed by atoms with Crippen molar-refractivity contribution in [1.29, 1.82) is 0 Å². The van der Waals surface area contributed by atoms with E-state index in [1.54, 1.807) is 24.3 Å². The molecule has 3 rings (SSSR count).